The van der Waals surface area contributed by atoms with Gasteiger partial charge in [-0.1, -0.05) is 36.4 Å². The highest BCUT2D eigenvalue weighted by atomic mass is 15.4. The Kier molecular flexibility index (Phi) is 3.83. The summed E-state index contributed by atoms with van der Waals surface area (Å²) in [5.74, 6) is 0. The number of hydrazine groups is 1. The standard InChI is InChI=1S/C18H14N10/c1-3-7-11(8-4-1)19-21-13-15-17(25-27-23-15)14(18-16(13)24-28-26-18)22-20-12-9-5-2-6-10-12/h1-10,19,21,23,27H. The van der Waals surface area contributed by atoms with Crippen molar-refractivity contribution in [3.05, 3.63) is 60.7 Å². The Morgan fingerprint density at radius 3 is 2.32 bits per heavy atom. The van der Waals surface area contributed by atoms with E-state index in [4.69, 9.17) is 0 Å². The van der Waals surface area contributed by atoms with E-state index in [1.165, 1.54) is 0 Å². The Hall–Kier alpha value is -4.34. The van der Waals surface area contributed by atoms with Gasteiger partial charge in [0.1, 0.15) is 33.4 Å². The molecule has 0 aliphatic rings. The summed E-state index contributed by atoms with van der Waals surface area (Å²) in [4.78, 5) is 0. The second-order valence-corrected chi connectivity index (χ2v) is 5.93. The summed E-state index contributed by atoms with van der Waals surface area (Å²) in [6.45, 7) is 0. The SMILES string of the molecule is c1ccc(N=Nc2c3nnnc3c(NNc3ccccc3)c3[nH][nH]nc23)cc1. The van der Waals surface area contributed by atoms with Gasteiger partial charge < -0.3 is 5.43 Å². The number of aromatic amines is 2. The Balaban J connectivity index is 1.60. The third-order valence-corrected chi connectivity index (χ3v) is 4.16. The van der Waals surface area contributed by atoms with Crippen LogP contribution in [0.2, 0.25) is 0 Å². The van der Waals surface area contributed by atoms with Gasteiger partial charge in [0.15, 0.2) is 0 Å². The van der Waals surface area contributed by atoms with Crippen molar-refractivity contribution in [3.8, 4) is 0 Å². The molecule has 10 nitrogen and oxygen atoms in total. The van der Waals surface area contributed by atoms with E-state index >= 15 is 0 Å². The van der Waals surface area contributed by atoms with Crippen molar-refractivity contribution in [2.45, 2.75) is 0 Å². The topological polar surface area (TPSA) is 132 Å². The molecule has 0 bridgehead atoms. The summed E-state index contributed by atoms with van der Waals surface area (Å²) >= 11 is 0. The van der Waals surface area contributed by atoms with Crippen LogP contribution in [0, 0.1) is 0 Å². The van der Waals surface area contributed by atoms with E-state index in [0.29, 0.717) is 33.4 Å². The molecular formula is C18H14N10. The molecular weight excluding hydrogens is 356 g/mol. The molecule has 3 aromatic carbocycles. The van der Waals surface area contributed by atoms with Crippen molar-refractivity contribution >= 4 is 44.8 Å². The monoisotopic (exact) mass is 370 g/mol. The van der Waals surface area contributed by atoms with Gasteiger partial charge in [-0.05, 0) is 29.5 Å². The summed E-state index contributed by atoms with van der Waals surface area (Å²) < 4.78 is 0. The maximum atomic E-state index is 4.37. The van der Waals surface area contributed by atoms with E-state index in [-0.39, 0.29) is 0 Å². The summed E-state index contributed by atoms with van der Waals surface area (Å²) in [5, 5.41) is 30.8. The highest BCUT2D eigenvalue weighted by Crippen LogP contribution is 2.38. The molecule has 0 amide bonds. The van der Waals surface area contributed by atoms with Crippen LogP contribution < -0.4 is 10.9 Å². The number of H-pyrrole nitrogens is 2. The van der Waals surface area contributed by atoms with Gasteiger partial charge in [0.25, 0.3) is 0 Å². The van der Waals surface area contributed by atoms with E-state index in [1.54, 1.807) is 0 Å². The van der Waals surface area contributed by atoms with Crippen LogP contribution in [-0.2, 0) is 0 Å². The normalized spacial score (nSPS) is 11.4. The first kappa shape index (κ1) is 15.9. The molecule has 5 rings (SSSR count). The number of para-hydroxylation sites is 1. The number of hydrogen-bond acceptors (Lipinski definition) is 8. The highest BCUT2D eigenvalue weighted by Gasteiger charge is 2.20. The number of fused-ring (bicyclic) bond motifs is 2. The number of rotatable bonds is 5. The zero-order valence-electron chi connectivity index (χ0n) is 14.5. The molecule has 0 aliphatic heterocycles. The number of azo groups is 1. The number of nitrogens with one attached hydrogen (secondary N) is 4. The average Bonchev–Trinajstić information content (AvgIpc) is 3.42. The third kappa shape index (κ3) is 2.78. The molecule has 0 saturated carbocycles. The Labute approximate surface area is 158 Å². The molecule has 0 fully saturated rings. The Morgan fingerprint density at radius 1 is 0.750 bits per heavy atom. The number of aromatic nitrogens is 6. The van der Waals surface area contributed by atoms with Crippen molar-refractivity contribution in [1.82, 2.24) is 30.8 Å². The molecule has 2 heterocycles. The number of nitrogens with zero attached hydrogens (tertiary/aromatic N) is 6. The lowest BCUT2D eigenvalue weighted by Gasteiger charge is -2.11. The summed E-state index contributed by atoms with van der Waals surface area (Å²) in [6.07, 6.45) is 0. The molecule has 0 aliphatic carbocycles. The van der Waals surface area contributed by atoms with E-state index in [2.05, 4.69) is 51.9 Å². The lowest BCUT2D eigenvalue weighted by atomic mass is 10.2. The molecule has 0 atom stereocenters. The van der Waals surface area contributed by atoms with Crippen LogP contribution in [0.25, 0.3) is 22.1 Å². The molecule has 136 valence electrons. The molecule has 0 spiro atoms. The minimum absolute atomic E-state index is 0.488. The van der Waals surface area contributed by atoms with Gasteiger partial charge in [-0.25, -0.2) is 5.21 Å². The van der Waals surface area contributed by atoms with Crippen molar-refractivity contribution in [2.24, 2.45) is 10.2 Å². The van der Waals surface area contributed by atoms with Gasteiger partial charge in [-0.2, -0.15) is 10.2 Å². The van der Waals surface area contributed by atoms with E-state index < -0.39 is 0 Å². The second-order valence-electron chi connectivity index (χ2n) is 5.93. The average molecular weight is 370 g/mol. The van der Waals surface area contributed by atoms with E-state index in [9.17, 15) is 0 Å². The molecule has 0 saturated heterocycles. The molecule has 4 N–H and O–H groups in total. The zero-order chi connectivity index (χ0) is 18.8. The maximum Gasteiger partial charge on any atom is 0.147 e. The fourth-order valence-electron chi connectivity index (χ4n) is 2.85. The molecule has 0 radical (unpaired) electrons. The van der Waals surface area contributed by atoms with Crippen molar-refractivity contribution in [3.63, 3.8) is 0 Å². The van der Waals surface area contributed by atoms with Crippen LogP contribution in [0.4, 0.5) is 22.7 Å². The lowest BCUT2D eigenvalue weighted by molar-refractivity contribution is 0.952. The van der Waals surface area contributed by atoms with Crippen molar-refractivity contribution in [1.29, 1.82) is 0 Å². The molecule has 0 unspecified atom stereocenters. The molecule has 5 aromatic rings. The summed E-state index contributed by atoms with van der Waals surface area (Å²) in [5.41, 5.74) is 11.4. The van der Waals surface area contributed by atoms with Gasteiger partial charge in [0.05, 0.1) is 11.4 Å². The molecule has 10 heteroatoms. The fourth-order valence-corrected chi connectivity index (χ4v) is 2.85. The van der Waals surface area contributed by atoms with Crippen LogP contribution in [0.5, 0.6) is 0 Å². The predicted octanol–water partition coefficient (Wildman–Crippen LogP) is 4.08. The number of benzene rings is 3. The number of hydrogen-bond donors (Lipinski definition) is 4. The minimum Gasteiger partial charge on any atom is -0.301 e. The van der Waals surface area contributed by atoms with Gasteiger partial charge >= 0.3 is 0 Å². The second kappa shape index (κ2) is 6.76. The van der Waals surface area contributed by atoms with Crippen LogP contribution in [-0.4, -0.2) is 30.8 Å². The predicted molar refractivity (Wildman–Crippen MR) is 106 cm³/mol. The first-order valence-corrected chi connectivity index (χ1v) is 8.51. The Bertz CT molecular complexity index is 1210. The first-order valence-electron chi connectivity index (χ1n) is 8.51. The molecule has 28 heavy (non-hydrogen) atoms. The fraction of sp³-hybridized carbons (Fsp3) is 0. The highest BCUT2D eigenvalue weighted by molar-refractivity contribution is 6.13. The van der Waals surface area contributed by atoms with Crippen LogP contribution in [0.1, 0.15) is 0 Å². The van der Waals surface area contributed by atoms with Gasteiger partial charge in [-0.15, -0.1) is 15.3 Å². The van der Waals surface area contributed by atoms with Crippen LogP contribution in [0.15, 0.2) is 70.9 Å². The summed E-state index contributed by atoms with van der Waals surface area (Å²) in [6, 6.07) is 19.2. The molecule has 2 aromatic heterocycles. The van der Waals surface area contributed by atoms with Gasteiger partial charge in [-0.3, -0.25) is 10.5 Å². The van der Waals surface area contributed by atoms with E-state index in [0.717, 1.165) is 11.4 Å². The Morgan fingerprint density at radius 2 is 1.50 bits per heavy atom. The third-order valence-electron chi connectivity index (χ3n) is 4.16. The zero-order valence-corrected chi connectivity index (χ0v) is 14.5. The number of anilines is 2. The van der Waals surface area contributed by atoms with Gasteiger partial charge in [0.2, 0.25) is 0 Å². The van der Waals surface area contributed by atoms with Crippen molar-refractivity contribution in [2.75, 3.05) is 10.9 Å². The minimum atomic E-state index is 0.488. The quantitative estimate of drug-likeness (QED) is 0.272. The summed E-state index contributed by atoms with van der Waals surface area (Å²) in [7, 11) is 0. The largest absolute Gasteiger partial charge is 0.301 e. The lowest BCUT2D eigenvalue weighted by Crippen LogP contribution is -2.09. The van der Waals surface area contributed by atoms with Crippen LogP contribution >= 0.6 is 0 Å². The van der Waals surface area contributed by atoms with Crippen LogP contribution in [0.3, 0.4) is 0 Å². The van der Waals surface area contributed by atoms with Gasteiger partial charge in [0, 0.05) is 0 Å². The smallest absolute Gasteiger partial charge is 0.147 e. The maximum absolute atomic E-state index is 4.37. The van der Waals surface area contributed by atoms with E-state index in [1.807, 2.05) is 60.7 Å². The first-order chi connectivity index (χ1) is 13.9. The van der Waals surface area contributed by atoms with Crippen molar-refractivity contribution < 1.29 is 0 Å².